The maximum atomic E-state index is 12.8. The topological polar surface area (TPSA) is 56.7 Å². The van der Waals surface area contributed by atoms with Crippen LogP contribution >= 0.6 is 0 Å². The average Bonchev–Trinajstić information content (AvgIpc) is 2.59. The van der Waals surface area contributed by atoms with Crippen molar-refractivity contribution in [3.63, 3.8) is 0 Å². The van der Waals surface area contributed by atoms with E-state index in [-0.39, 0.29) is 12.1 Å². The number of aromatic nitrogens is 3. The van der Waals surface area contributed by atoms with E-state index in [1.54, 1.807) is 6.92 Å². The molecule has 1 saturated carbocycles. The van der Waals surface area contributed by atoms with E-state index in [1.807, 2.05) is 0 Å². The normalized spacial score (nSPS) is 26.2. The fourth-order valence-electron chi connectivity index (χ4n) is 2.44. The highest BCUT2D eigenvalue weighted by Gasteiger charge is 2.40. The van der Waals surface area contributed by atoms with E-state index in [0.717, 1.165) is 12.8 Å². The molecular formula is C10H15F3N4. The molecule has 2 rings (SSSR count). The second-order valence-corrected chi connectivity index (χ2v) is 4.52. The first-order valence-corrected chi connectivity index (χ1v) is 5.64. The lowest BCUT2D eigenvalue weighted by Gasteiger charge is -2.29. The molecule has 4 nitrogen and oxygen atoms in total. The summed E-state index contributed by atoms with van der Waals surface area (Å²) in [7, 11) is 0. The molecule has 2 N–H and O–H groups in total. The average molecular weight is 248 g/mol. The van der Waals surface area contributed by atoms with Crippen molar-refractivity contribution in [3.05, 3.63) is 11.6 Å². The van der Waals surface area contributed by atoms with Crippen molar-refractivity contribution in [2.45, 2.75) is 50.9 Å². The highest BCUT2D eigenvalue weighted by atomic mass is 19.4. The summed E-state index contributed by atoms with van der Waals surface area (Å²) in [6.07, 6.45) is -1.47. The Morgan fingerprint density at radius 3 is 2.59 bits per heavy atom. The maximum Gasteiger partial charge on any atom is 0.451 e. The third kappa shape index (κ3) is 2.43. The third-order valence-electron chi connectivity index (χ3n) is 3.17. The molecule has 0 unspecified atom stereocenters. The van der Waals surface area contributed by atoms with Crippen LogP contribution in [0.25, 0.3) is 0 Å². The highest BCUT2D eigenvalue weighted by Crippen LogP contribution is 2.35. The summed E-state index contributed by atoms with van der Waals surface area (Å²) in [6, 6.07) is -0.262. The van der Waals surface area contributed by atoms with Crippen LogP contribution in [0.4, 0.5) is 13.2 Å². The fourth-order valence-corrected chi connectivity index (χ4v) is 2.44. The molecule has 0 aliphatic heterocycles. The molecule has 1 aromatic rings. The number of rotatable bonds is 1. The minimum atomic E-state index is -4.46. The van der Waals surface area contributed by atoms with Gasteiger partial charge in [-0.25, -0.2) is 0 Å². The van der Waals surface area contributed by atoms with E-state index in [2.05, 4.69) is 10.2 Å². The summed E-state index contributed by atoms with van der Waals surface area (Å²) in [5.41, 5.74) is 5.81. The number of nitrogens with two attached hydrogens (primary N) is 1. The molecule has 1 heterocycles. The molecule has 2 atom stereocenters. The molecule has 96 valence electrons. The SMILES string of the molecule is Cc1nnc(C(F)(F)F)n1[C@@H]1CCC[C@H](N)C1. The van der Waals surface area contributed by atoms with E-state index in [9.17, 15) is 13.2 Å². The fraction of sp³-hybridized carbons (Fsp3) is 0.800. The largest absolute Gasteiger partial charge is 0.451 e. The lowest BCUT2D eigenvalue weighted by Crippen LogP contribution is -2.31. The predicted octanol–water partition coefficient (Wildman–Crippen LogP) is 2.05. The summed E-state index contributed by atoms with van der Waals surface area (Å²) < 4.78 is 39.5. The zero-order chi connectivity index (χ0) is 12.6. The van der Waals surface area contributed by atoms with E-state index in [0.29, 0.717) is 18.7 Å². The standard InChI is InChI=1S/C10H15F3N4/c1-6-15-16-9(10(11,12)13)17(6)8-4-2-3-7(14)5-8/h7-8H,2-5,14H2,1H3/t7-,8+/m0/s1. The van der Waals surface area contributed by atoms with Gasteiger partial charge in [0.2, 0.25) is 5.82 Å². The molecule has 7 heteroatoms. The van der Waals surface area contributed by atoms with Crippen molar-refractivity contribution in [2.24, 2.45) is 5.73 Å². The number of hydrogen-bond donors (Lipinski definition) is 1. The van der Waals surface area contributed by atoms with Gasteiger partial charge < -0.3 is 10.3 Å². The number of nitrogens with zero attached hydrogens (tertiary/aromatic N) is 3. The van der Waals surface area contributed by atoms with Crippen LogP contribution < -0.4 is 5.73 Å². The van der Waals surface area contributed by atoms with Crippen LogP contribution in [0.15, 0.2) is 0 Å². The minimum absolute atomic E-state index is 0.0309. The third-order valence-corrected chi connectivity index (χ3v) is 3.17. The molecule has 1 aromatic heterocycles. The van der Waals surface area contributed by atoms with Crippen LogP contribution in [0.2, 0.25) is 0 Å². The van der Waals surface area contributed by atoms with E-state index < -0.39 is 12.0 Å². The molecular weight excluding hydrogens is 233 g/mol. The number of halogens is 3. The lowest BCUT2D eigenvalue weighted by atomic mass is 9.91. The molecule has 0 bridgehead atoms. The van der Waals surface area contributed by atoms with Gasteiger partial charge in [0.15, 0.2) is 0 Å². The zero-order valence-electron chi connectivity index (χ0n) is 9.54. The molecule has 17 heavy (non-hydrogen) atoms. The highest BCUT2D eigenvalue weighted by molar-refractivity contribution is 5.02. The van der Waals surface area contributed by atoms with Crippen molar-refractivity contribution < 1.29 is 13.2 Å². The number of alkyl halides is 3. The van der Waals surface area contributed by atoms with Gasteiger partial charge in [-0.1, -0.05) is 0 Å². The van der Waals surface area contributed by atoms with Gasteiger partial charge in [0.05, 0.1) is 0 Å². The molecule has 1 fully saturated rings. The quantitative estimate of drug-likeness (QED) is 0.827. The van der Waals surface area contributed by atoms with Gasteiger partial charge in [-0.15, -0.1) is 10.2 Å². The molecule has 0 amide bonds. The molecule has 1 aliphatic rings. The predicted molar refractivity (Wildman–Crippen MR) is 55.2 cm³/mol. The van der Waals surface area contributed by atoms with Gasteiger partial charge in [0, 0.05) is 12.1 Å². The van der Waals surface area contributed by atoms with Crippen LogP contribution in [0.1, 0.15) is 43.4 Å². The summed E-state index contributed by atoms with van der Waals surface area (Å²) in [6.45, 7) is 1.54. The maximum absolute atomic E-state index is 12.8. The Morgan fingerprint density at radius 2 is 2.00 bits per heavy atom. The van der Waals surface area contributed by atoms with Crippen LogP contribution in [-0.2, 0) is 6.18 Å². The Balaban J connectivity index is 2.33. The Labute approximate surface area is 97.0 Å². The Kier molecular flexibility index (Phi) is 3.11. The Bertz CT molecular complexity index is 399. The van der Waals surface area contributed by atoms with Crippen molar-refractivity contribution >= 4 is 0 Å². The van der Waals surface area contributed by atoms with Crippen LogP contribution in [-0.4, -0.2) is 20.8 Å². The monoisotopic (exact) mass is 248 g/mol. The van der Waals surface area contributed by atoms with E-state index >= 15 is 0 Å². The summed E-state index contributed by atoms with van der Waals surface area (Å²) in [4.78, 5) is 0. The molecule has 0 aromatic carbocycles. The van der Waals surface area contributed by atoms with E-state index in [1.165, 1.54) is 4.57 Å². The van der Waals surface area contributed by atoms with Crippen molar-refractivity contribution in [1.29, 1.82) is 0 Å². The zero-order valence-corrected chi connectivity index (χ0v) is 9.54. The second kappa shape index (κ2) is 4.29. The molecule has 0 radical (unpaired) electrons. The van der Waals surface area contributed by atoms with Gasteiger partial charge >= 0.3 is 6.18 Å². The summed E-state index contributed by atoms with van der Waals surface area (Å²) in [5, 5.41) is 6.77. The summed E-state index contributed by atoms with van der Waals surface area (Å²) >= 11 is 0. The second-order valence-electron chi connectivity index (χ2n) is 4.52. The number of hydrogen-bond acceptors (Lipinski definition) is 3. The van der Waals surface area contributed by atoms with E-state index in [4.69, 9.17) is 5.73 Å². The first kappa shape index (κ1) is 12.3. The van der Waals surface area contributed by atoms with Crippen molar-refractivity contribution in [2.75, 3.05) is 0 Å². The number of aryl methyl sites for hydroxylation is 1. The van der Waals surface area contributed by atoms with Gasteiger partial charge in [0.25, 0.3) is 0 Å². The van der Waals surface area contributed by atoms with Crippen LogP contribution in [0.3, 0.4) is 0 Å². The van der Waals surface area contributed by atoms with Crippen molar-refractivity contribution in [1.82, 2.24) is 14.8 Å². The molecule has 1 aliphatic carbocycles. The van der Waals surface area contributed by atoms with Gasteiger partial charge in [0.1, 0.15) is 5.82 Å². The minimum Gasteiger partial charge on any atom is -0.328 e. The van der Waals surface area contributed by atoms with Gasteiger partial charge in [-0.05, 0) is 32.6 Å². The van der Waals surface area contributed by atoms with Crippen LogP contribution in [0.5, 0.6) is 0 Å². The van der Waals surface area contributed by atoms with Gasteiger partial charge in [-0.3, -0.25) is 0 Å². The van der Waals surface area contributed by atoms with Gasteiger partial charge in [-0.2, -0.15) is 13.2 Å². The Morgan fingerprint density at radius 1 is 1.29 bits per heavy atom. The lowest BCUT2D eigenvalue weighted by molar-refractivity contribution is -0.148. The Hall–Kier alpha value is -1.11. The molecule has 0 saturated heterocycles. The first-order chi connectivity index (χ1) is 7.89. The van der Waals surface area contributed by atoms with Crippen LogP contribution in [0, 0.1) is 6.92 Å². The molecule has 0 spiro atoms. The summed E-state index contributed by atoms with van der Waals surface area (Å²) in [5.74, 6) is -0.606. The first-order valence-electron chi connectivity index (χ1n) is 5.64. The smallest absolute Gasteiger partial charge is 0.328 e. The van der Waals surface area contributed by atoms with Crippen molar-refractivity contribution in [3.8, 4) is 0 Å².